The predicted molar refractivity (Wildman–Crippen MR) is 99.7 cm³/mol. The average molecular weight is 364 g/mol. The molecule has 27 heavy (non-hydrogen) atoms. The number of hydrogen-bond donors (Lipinski definition) is 0. The Kier molecular flexibility index (Phi) is 5.84. The second-order valence-electron chi connectivity index (χ2n) is 5.88. The average Bonchev–Trinajstić information content (AvgIpc) is 2.68. The summed E-state index contributed by atoms with van der Waals surface area (Å²) in [6, 6.07) is 22.6. The van der Waals surface area contributed by atoms with Crippen LogP contribution in [-0.4, -0.2) is 9.93 Å². The first-order valence-electron chi connectivity index (χ1n) is 8.30. The number of nitro benzene ring substituents is 1. The van der Waals surface area contributed by atoms with Crippen LogP contribution in [0.25, 0.3) is 0 Å². The Hall–Kier alpha value is -3.61. The SMILES string of the molecule is O=[N+]([O-])c1ccc(F)c(N=NN(Cc2ccccc2)Cc2ccccc2)c1. The Morgan fingerprint density at radius 3 is 1.96 bits per heavy atom. The summed E-state index contributed by atoms with van der Waals surface area (Å²) >= 11 is 0. The fourth-order valence-corrected chi connectivity index (χ4v) is 2.51. The minimum absolute atomic E-state index is 0.171. The molecule has 7 heteroatoms. The highest BCUT2D eigenvalue weighted by molar-refractivity contribution is 5.47. The van der Waals surface area contributed by atoms with Crippen molar-refractivity contribution in [3.63, 3.8) is 0 Å². The van der Waals surface area contributed by atoms with E-state index in [0.29, 0.717) is 13.1 Å². The van der Waals surface area contributed by atoms with Gasteiger partial charge in [-0.3, -0.25) is 15.1 Å². The number of hydrogen-bond acceptors (Lipinski definition) is 4. The van der Waals surface area contributed by atoms with Gasteiger partial charge in [0.15, 0.2) is 5.82 Å². The third-order valence-corrected chi connectivity index (χ3v) is 3.84. The third kappa shape index (κ3) is 5.18. The molecule has 0 aliphatic rings. The van der Waals surface area contributed by atoms with Gasteiger partial charge >= 0.3 is 0 Å². The molecule has 0 aliphatic carbocycles. The van der Waals surface area contributed by atoms with Crippen molar-refractivity contribution in [2.24, 2.45) is 10.3 Å². The van der Waals surface area contributed by atoms with E-state index in [-0.39, 0.29) is 11.4 Å². The molecular weight excluding hydrogens is 347 g/mol. The van der Waals surface area contributed by atoms with Gasteiger partial charge in [-0.1, -0.05) is 65.9 Å². The van der Waals surface area contributed by atoms with Crippen molar-refractivity contribution in [3.8, 4) is 0 Å². The van der Waals surface area contributed by atoms with Crippen LogP contribution in [0.4, 0.5) is 15.8 Å². The molecule has 0 fully saturated rings. The molecule has 0 atom stereocenters. The van der Waals surface area contributed by atoms with Gasteiger partial charge in [0.05, 0.1) is 18.0 Å². The van der Waals surface area contributed by atoms with E-state index in [9.17, 15) is 14.5 Å². The number of rotatable bonds is 7. The summed E-state index contributed by atoms with van der Waals surface area (Å²) in [5.74, 6) is -0.663. The predicted octanol–water partition coefficient (Wildman–Crippen LogP) is 5.44. The van der Waals surface area contributed by atoms with Gasteiger partial charge in [-0.2, -0.15) is 0 Å². The molecule has 6 nitrogen and oxygen atoms in total. The van der Waals surface area contributed by atoms with Gasteiger partial charge < -0.3 is 0 Å². The van der Waals surface area contributed by atoms with Gasteiger partial charge in [-0.05, 0) is 17.2 Å². The summed E-state index contributed by atoms with van der Waals surface area (Å²) in [7, 11) is 0. The van der Waals surface area contributed by atoms with Crippen molar-refractivity contribution in [2.75, 3.05) is 0 Å². The maximum Gasteiger partial charge on any atom is 0.271 e. The highest BCUT2D eigenvalue weighted by atomic mass is 19.1. The zero-order chi connectivity index (χ0) is 19.1. The molecule has 0 aliphatic heterocycles. The maximum atomic E-state index is 13.9. The lowest BCUT2D eigenvalue weighted by molar-refractivity contribution is -0.384. The van der Waals surface area contributed by atoms with Crippen LogP contribution in [-0.2, 0) is 13.1 Å². The molecule has 136 valence electrons. The Bertz CT molecular complexity index is 892. The smallest absolute Gasteiger partial charge is 0.270 e. The van der Waals surface area contributed by atoms with Crippen molar-refractivity contribution >= 4 is 11.4 Å². The monoisotopic (exact) mass is 364 g/mol. The van der Waals surface area contributed by atoms with Crippen molar-refractivity contribution < 1.29 is 9.31 Å². The van der Waals surface area contributed by atoms with Gasteiger partial charge in [-0.25, -0.2) is 4.39 Å². The van der Waals surface area contributed by atoms with Gasteiger partial charge in [0.25, 0.3) is 5.69 Å². The molecule has 0 unspecified atom stereocenters. The quantitative estimate of drug-likeness (QED) is 0.319. The standard InChI is InChI=1S/C20H17FN4O2/c21-19-12-11-18(25(26)27)13-20(19)22-23-24(14-16-7-3-1-4-8-16)15-17-9-5-2-6-10-17/h1-13H,14-15H2. The molecule has 0 heterocycles. The molecule has 0 bridgehead atoms. The summed E-state index contributed by atoms with van der Waals surface area (Å²) in [4.78, 5) is 10.3. The zero-order valence-electron chi connectivity index (χ0n) is 14.4. The van der Waals surface area contributed by atoms with Gasteiger partial charge in [0, 0.05) is 12.1 Å². The van der Waals surface area contributed by atoms with Gasteiger partial charge in [0.1, 0.15) is 5.69 Å². The second-order valence-corrected chi connectivity index (χ2v) is 5.88. The van der Waals surface area contributed by atoms with Crippen LogP contribution in [0.15, 0.2) is 89.2 Å². The van der Waals surface area contributed by atoms with Crippen molar-refractivity contribution in [1.29, 1.82) is 0 Å². The second kappa shape index (κ2) is 8.66. The van der Waals surface area contributed by atoms with Crippen LogP contribution >= 0.6 is 0 Å². The fraction of sp³-hybridized carbons (Fsp3) is 0.100. The first-order chi connectivity index (χ1) is 13.1. The number of nitrogens with zero attached hydrogens (tertiary/aromatic N) is 4. The van der Waals surface area contributed by atoms with Crippen LogP contribution in [0.1, 0.15) is 11.1 Å². The number of nitro groups is 1. The molecule has 0 saturated carbocycles. The summed E-state index contributed by atoms with van der Waals surface area (Å²) in [5.41, 5.74) is 1.64. The van der Waals surface area contributed by atoms with Crippen LogP contribution in [0.2, 0.25) is 0 Å². The fourth-order valence-electron chi connectivity index (χ4n) is 2.51. The topological polar surface area (TPSA) is 71.1 Å². The van der Waals surface area contributed by atoms with E-state index >= 15 is 0 Å². The first kappa shape index (κ1) is 18.2. The van der Waals surface area contributed by atoms with Crippen molar-refractivity contribution in [3.05, 3.63) is 106 Å². The minimum atomic E-state index is -0.663. The van der Waals surface area contributed by atoms with E-state index in [1.165, 1.54) is 0 Å². The summed E-state index contributed by atoms with van der Waals surface area (Å²) < 4.78 is 13.9. The van der Waals surface area contributed by atoms with Crippen molar-refractivity contribution in [1.82, 2.24) is 5.01 Å². The minimum Gasteiger partial charge on any atom is -0.270 e. The van der Waals surface area contributed by atoms with Gasteiger partial charge in [0.2, 0.25) is 0 Å². The normalized spacial score (nSPS) is 10.9. The van der Waals surface area contributed by atoms with E-state index < -0.39 is 10.7 Å². The number of benzene rings is 3. The van der Waals surface area contributed by atoms with Crippen LogP contribution in [0, 0.1) is 15.9 Å². The molecule has 3 rings (SSSR count). The number of halogens is 1. The van der Waals surface area contributed by atoms with E-state index in [1.807, 2.05) is 60.7 Å². The molecule has 3 aromatic rings. The molecule has 0 amide bonds. The molecular formula is C20H17FN4O2. The summed E-state index contributed by atoms with van der Waals surface area (Å²) in [5, 5.41) is 20.6. The molecule has 0 aromatic heterocycles. The molecule has 3 aromatic carbocycles. The van der Waals surface area contributed by atoms with Crippen LogP contribution in [0.5, 0.6) is 0 Å². The van der Waals surface area contributed by atoms with Crippen molar-refractivity contribution in [2.45, 2.75) is 13.1 Å². The molecule has 0 saturated heterocycles. The highest BCUT2D eigenvalue weighted by Gasteiger charge is 2.11. The summed E-state index contributed by atoms with van der Waals surface area (Å²) in [6.07, 6.45) is 0. The lowest BCUT2D eigenvalue weighted by Gasteiger charge is -2.18. The Labute approximate surface area is 155 Å². The largest absolute Gasteiger partial charge is 0.271 e. The van der Waals surface area contributed by atoms with Crippen LogP contribution in [0.3, 0.4) is 0 Å². The Morgan fingerprint density at radius 1 is 0.889 bits per heavy atom. The third-order valence-electron chi connectivity index (χ3n) is 3.84. The number of non-ortho nitro benzene ring substituents is 1. The Morgan fingerprint density at radius 2 is 1.44 bits per heavy atom. The van der Waals surface area contributed by atoms with E-state index in [0.717, 1.165) is 29.3 Å². The first-order valence-corrected chi connectivity index (χ1v) is 8.30. The maximum absolute atomic E-state index is 13.9. The van der Waals surface area contributed by atoms with Crippen LogP contribution < -0.4 is 0 Å². The van der Waals surface area contributed by atoms with Gasteiger partial charge in [-0.15, -0.1) is 5.11 Å². The highest BCUT2D eigenvalue weighted by Crippen LogP contribution is 2.25. The lowest BCUT2D eigenvalue weighted by atomic mass is 10.2. The zero-order valence-corrected chi connectivity index (χ0v) is 14.4. The Balaban J connectivity index is 1.85. The molecule has 0 radical (unpaired) electrons. The molecule has 0 N–H and O–H groups in total. The van der Waals surface area contributed by atoms with E-state index in [2.05, 4.69) is 10.3 Å². The lowest BCUT2D eigenvalue weighted by Crippen LogP contribution is -2.15. The molecule has 0 spiro atoms. The van der Waals surface area contributed by atoms with E-state index in [1.54, 1.807) is 5.01 Å². The summed E-state index contributed by atoms with van der Waals surface area (Å²) in [6.45, 7) is 0.936. The van der Waals surface area contributed by atoms with E-state index in [4.69, 9.17) is 0 Å².